The Bertz CT molecular complexity index is 975. The van der Waals surface area contributed by atoms with E-state index in [1.165, 1.54) is 6.92 Å². The zero-order valence-electron chi connectivity index (χ0n) is 19.1. The van der Waals surface area contributed by atoms with Crippen LogP contribution in [-0.4, -0.2) is 40.8 Å². The summed E-state index contributed by atoms with van der Waals surface area (Å²) in [5.41, 5.74) is 1.06. The number of nitrogens with one attached hydrogen (secondary N) is 2. The van der Waals surface area contributed by atoms with E-state index < -0.39 is 35.7 Å². The molecule has 8 nitrogen and oxygen atoms in total. The summed E-state index contributed by atoms with van der Waals surface area (Å²) >= 11 is 2.13. The molecule has 0 saturated heterocycles. The Labute approximate surface area is 207 Å². The molecule has 178 valence electrons. The normalized spacial score (nSPS) is 12.9. The number of carboxylic acids is 1. The van der Waals surface area contributed by atoms with Crippen molar-refractivity contribution in [3.63, 3.8) is 0 Å². The summed E-state index contributed by atoms with van der Waals surface area (Å²) in [5, 5.41) is 14.5. The van der Waals surface area contributed by atoms with Gasteiger partial charge in [0.1, 0.15) is 30.0 Å². The number of rotatable bonds is 9. The van der Waals surface area contributed by atoms with Crippen LogP contribution in [0.25, 0.3) is 0 Å². The number of ether oxygens (including phenoxy) is 2. The molecule has 0 aliphatic carbocycles. The topological polar surface area (TPSA) is 114 Å². The first-order chi connectivity index (χ1) is 15.4. The van der Waals surface area contributed by atoms with E-state index >= 15 is 0 Å². The lowest BCUT2D eigenvalue weighted by molar-refractivity contribution is -0.142. The SMILES string of the molecule is CC(NC(=O)OC(C)(C)C)C(=O)NC(Cc1ccc(OCc2ccccc2)c(I)c1)C(=O)O. The number of halogens is 1. The van der Waals surface area contributed by atoms with Crippen LogP contribution in [0, 0.1) is 3.57 Å². The second-order valence-corrected chi connectivity index (χ2v) is 9.67. The third-order valence-electron chi connectivity index (χ3n) is 4.41. The maximum atomic E-state index is 12.4. The molecule has 33 heavy (non-hydrogen) atoms. The van der Waals surface area contributed by atoms with Gasteiger partial charge in [-0.15, -0.1) is 0 Å². The van der Waals surface area contributed by atoms with Crippen LogP contribution in [0.2, 0.25) is 0 Å². The summed E-state index contributed by atoms with van der Waals surface area (Å²) < 4.78 is 11.8. The summed E-state index contributed by atoms with van der Waals surface area (Å²) in [6.45, 7) is 7.00. The van der Waals surface area contributed by atoms with Crippen molar-refractivity contribution in [1.29, 1.82) is 0 Å². The Kier molecular flexibility index (Phi) is 9.51. The maximum Gasteiger partial charge on any atom is 0.408 e. The Morgan fingerprint density at radius 2 is 1.70 bits per heavy atom. The van der Waals surface area contributed by atoms with Gasteiger partial charge < -0.3 is 25.2 Å². The van der Waals surface area contributed by atoms with Gasteiger partial charge in [-0.1, -0.05) is 36.4 Å². The van der Waals surface area contributed by atoms with E-state index in [2.05, 4.69) is 33.2 Å². The molecular weight excluding hydrogens is 539 g/mol. The predicted molar refractivity (Wildman–Crippen MR) is 132 cm³/mol. The largest absolute Gasteiger partial charge is 0.488 e. The van der Waals surface area contributed by atoms with Crippen molar-refractivity contribution >= 4 is 40.6 Å². The molecule has 2 amide bonds. The first-order valence-corrected chi connectivity index (χ1v) is 11.5. The Morgan fingerprint density at radius 3 is 2.27 bits per heavy atom. The number of alkyl carbamates (subject to hydrolysis) is 1. The van der Waals surface area contributed by atoms with E-state index in [1.54, 1.807) is 32.9 Å². The first-order valence-electron chi connectivity index (χ1n) is 10.4. The van der Waals surface area contributed by atoms with Crippen LogP contribution in [0.4, 0.5) is 4.79 Å². The van der Waals surface area contributed by atoms with E-state index in [1.807, 2.05) is 36.4 Å². The van der Waals surface area contributed by atoms with Crippen LogP contribution in [0.15, 0.2) is 48.5 Å². The van der Waals surface area contributed by atoms with Gasteiger partial charge in [-0.3, -0.25) is 4.79 Å². The quantitative estimate of drug-likeness (QED) is 0.396. The number of carboxylic acid groups (broad SMARTS) is 1. The lowest BCUT2D eigenvalue weighted by Crippen LogP contribution is -2.51. The van der Waals surface area contributed by atoms with Gasteiger partial charge in [-0.25, -0.2) is 9.59 Å². The van der Waals surface area contributed by atoms with Crippen molar-refractivity contribution in [1.82, 2.24) is 10.6 Å². The van der Waals surface area contributed by atoms with E-state index in [9.17, 15) is 19.5 Å². The third-order valence-corrected chi connectivity index (χ3v) is 5.26. The minimum absolute atomic E-state index is 0.0786. The van der Waals surface area contributed by atoms with Gasteiger partial charge >= 0.3 is 12.1 Å². The highest BCUT2D eigenvalue weighted by Crippen LogP contribution is 2.24. The second-order valence-electron chi connectivity index (χ2n) is 8.51. The molecule has 0 aromatic heterocycles. The van der Waals surface area contributed by atoms with Crippen molar-refractivity contribution in [2.24, 2.45) is 0 Å². The van der Waals surface area contributed by atoms with E-state index in [-0.39, 0.29) is 6.42 Å². The molecule has 0 spiro atoms. The van der Waals surface area contributed by atoms with Crippen LogP contribution in [0.5, 0.6) is 5.75 Å². The molecule has 0 radical (unpaired) electrons. The fourth-order valence-corrected chi connectivity index (χ4v) is 3.54. The van der Waals surface area contributed by atoms with E-state index in [4.69, 9.17) is 9.47 Å². The highest BCUT2D eigenvalue weighted by molar-refractivity contribution is 14.1. The average Bonchev–Trinajstić information content (AvgIpc) is 2.71. The van der Waals surface area contributed by atoms with Crippen molar-refractivity contribution in [2.45, 2.75) is 58.4 Å². The second kappa shape index (κ2) is 11.9. The fourth-order valence-electron chi connectivity index (χ4n) is 2.81. The summed E-state index contributed by atoms with van der Waals surface area (Å²) in [4.78, 5) is 36.0. The molecule has 0 saturated carbocycles. The van der Waals surface area contributed by atoms with Gasteiger partial charge in [-0.2, -0.15) is 0 Å². The Morgan fingerprint density at radius 1 is 1.03 bits per heavy atom. The number of benzene rings is 2. The van der Waals surface area contributed by atoms with Crippen LogP contribution < -0.4 is 15.4 Å². The Balaban J connectivity index is 1.96. The molecule has 0 fully saturated rings. The molecule has 0 bridgehead atoms. The van der Waals surface area contributed by atoms with Crippen molar-refractivity contribution in [3.8, 4) is 5.75 Å². The van der Waals surface area contributed by atoms with Gasteiger partial charge in [-0.05, 0) is 73.5 Å². The first kappa shape index (κ1) is 26.4. The van der Waals surface area contributed by atoms with Crippen molar-refractivity contribution in [3.05, 3.63) is 63.2 Å². The number of hydrogen-bond donors (Lipinski definition) is 3. The lowest BCUT2D eigenvalue weighted by atomic mass is 10.1. The fraction of sp³-hybridized carbons (Fsp3) is 0.375. The molecule has 2 aromatic carbocycles. The number of aliphatic carboxylic acids is 1. The van der Waals surface area contributed by atoms with Gasteiger partial charge in [0.25, 0.3) is 0 Å². The number of carbonyl (C=O) groups is 3. The van der Waals surface area contributed by atoms with Crippen LogP contribution in [0.3, 0.4) is 0 Å². The predicted octanol–water partition coefficient (Wildman–Crippen LogP) is 3.90. The van der Waals surface area contributed by atoms with Crippen LogP contribution in [-0.2, 0) is 27.4 Å². The molecular formula is C24H29IN2O6. The summed E-state index contributed by atoms with van der Waals surface area (Å²) in [6.07, 6.45) is -0.674. The number of carbonyl (C=O) groups excluding carboxylic acids is 2. The standard InChI is InChI=1S/C24H29IN2O6/c1-15(26-23(31)33-24(2,3)4)21(28)27-19(22(29)30)13-17-10-11-20(18(25)12-17)32-14-16-8-6-5-7-9-16/h5-12,15,19H,13-14H2,1-4H3,(H,26,31)(H,27,28)(H,29,30). The summed E-state index contributed by atoms with van der Waals surface area (Å²) in [5.74, 6) is -1.10. The highest BCUT2D eigenvalue weighted by Gasteiger charge is 2.26. The van der Waals surface area contributed by atoms with Crippen molar-refractivity contribution < 1.29 is 29.0 Å². The molecule has 0 aliphatic heterocycles. The van der Waals surface area contributed by atoms with E-state index in [0.29, 0.717) is 12.4 Å². The highest BCUT2D eigenvalue weighted by atomic mass is 127. The van der Waals surface area contributed by atoms with Crippen LogP contribution >= 0.6 is 22.6 Å². The van der Waals surface area contributed by atoms with Crippen LogP contribution in [0.1, 0.15) is 38.8 Å². The molecule has 2 unspecified atom stereocenters. The average molecular weight is 568 g/mol. The zero-order valence-corrected chi connectivity index (χ0v) is 21.2. The molecule has 2 atom stereocenters. The Hall–Kier alpha value is -2.82. The van der Waals surface area contributed by atoms with E-state index in [0.717, 1.165) is 14.7 Å². The zero-order chi connectivity index (χ0) is 24.6. The minimum atomic E-state index is -1.17. The molecule has 0 aliphatic rings. The smallest absolute Gasteiger partial charge is 0.408 e. The molecule has 2 aromatic rings. The molecule has 9 heteroatoms. The van der Waals surface area contributed by atoms with Gasteiger partial charge in [0.05, 0.1) is 3.57 Å². The number of amides is 2. The summed E-state index contributed by atoms with van der Waals surface area (Å²) in [6, 6.07) is 13.0. The third kappa shape index (κ3) is 9.29. The van der Waals surface area contributed by atoms with Gasteiger partial charge in [0, 0.05) is 6.42 Å². The lowest BCUT2D eigenvalue weighted by Gasteiger charge is -2.22. The summed E-state index contributed by atoms with van der Waals surface area (Å²) in [7, 11) is 0. The number of hydrogen-bond acceptors (Lipinski definition) is 5. The monoisotopic (exact) mass is 568 g/mol. The van der Waals surface area contributed by atoms with Gasteiger partial charge in [0.15, 0.2) is 0 Å². The minimum Gasteiger partial charge on any atom is -0.488 e. The van der Waals surface area contributed by atoms with Gasteiger partial charge in [0.2, 0.25) is 5.91 Å². The maximum absolute atomic E-state index is 12.4. The molecule has 2 rings (SSSR count). The van der Waals surface area contributed by atoms with Crippen molar-refractivity contribution in [2.75, 3.05) is 0 Å². The molecule has 3 N–H and O–H groups in total. The molecule has 0 heterocycles.